The molecule has 2 rings (SSSR count). The molecule has 0 saturated carbocycles. The van der Waals surface area contributed by atoms with Crippen LogP contribution in [0.25, 0.3) is 0 Å². The first-order valence-corrected chi connectivity index (χ1v) is 5.32. The monoisotopic (exact) mass is 191 g/mol. The van der Waals surface area contributed by atoms with Gasteiger partial charge in [0.05, 0.1) is 0 Å². The van der Waals surface area contributed by atoms with E-state index in [1.165, 1.54) is 29.5 Å². The van der Waals surface area contributed by atoms with Crippen LogP contribution in [-0.2, 0) is 19.4 Å². The molecule has 0 aliphatic carbocycles. The van der Waals surface area contributed by atoms with Crippen molar-refractivity contribution in [2.45, 2.75) is 25.8 Å². The maximum absolute atomic E-state index is 8.87. The molecule has 2 nitrogen and oxygen atoms in total. The molecule has 76 valence electrons. The van der Waals surface area contributed by atoms with Gasteiger partial charge in [-0.3, -0.25) is 0 Å². The molecule has 1 aromatic carbocycles. The zero-order chi connectivity index (χ0) is 9.80. The normalized spacial score (nSPS) is 16.1. The molecule has 0 fully saturated rings. The summed E-state index contributed by atoms with van der Waals surface area (Å²) in [7, 11) is 0. The lowest BCUT2D eigenvalue weighted by Gasteiger charge is -2.07. The molecule has 14 heavy (non-hydrogen) atoms. The minimum atomic E-state index is 0.247. The predicted octanol–water partition coefficient (Wildman–Crippen LogP) is 1.26. The third kappa shape index (κ3) is 2.14. The van der Waals surface area contributed by atoms with Gasteiger partial charge < -0.3 is 10.4 Å². The molecule has 1 heterocycles. The molecule has 1 aromatic rings. The summed E-state index contributed by atoms with van der Waals surface area (Å²) in [4.78, 5) is 0. The van der Waals surface area contributed by atoms with Crippen LogP contribution in [0.5, 0.6) is 0 Å². The second-order valence-corrected chi connectivity index (χ2v) is 3.86. The number of nitrogens with one attached hydrogen (secondary N) is 1. The van der Waals surface area contributed by atoms with Crippen molar-refractivity contribution in [3.8, 4) is 0 Å². The van der Waals surface area contributed by atoms with E-state index in [2.05, 4.69) is 23.5 Å². The summed E-state index contributed by atoms with van der Waals surface area (Å²) in [5.41, 5.74) is 4.14. The molecule has 0 aromatic heterocycles. The van der Waals surface area contributed by atoms with Crippen LogP contribution < -0.4 is 5.32 Å². The lowest BCUT2D eigenvalue weighted by molar-refractivity contribution is 0.299. The van der Waals surface area contributed by atoms with Crippen molar-refractivity contribution in [2.75, 3.05) is 13.2 Å². The Kier molecular flexibility index (Phi) is 3.17. The minimum absolute atomic E-state index is 0.247. The van der Waals surface area contributed by atoms with E-state index in [9.17, 15) is 0 Å². The predicted molar refractivity (Wildman–Crippen MR) is 57.3 cm³/mol. The summed E-state index contributed by atoms with van der Waals surface area (Å²) in [5, 5.41) is 12.3. The molecule has 0 spiro atoms. The highest BCUT2D eigenvalue weighted by atomic mass is 16.2. The van der Waals surface area contributed by atoms with E-state index in [1.807, 2.05) is 0 Å². The van der Waals surface area contributed by atoms with E-state index in [0.29, 0.717) is 0 Å². The number of aliphatic hydroxyl groups is 1. The highest BCUT2D eigenvalue weighted by molar-refractivity contribution is 5.33. The SMILES string of the molecule is OCCc1ccc2c(c1)CCCNC2. The number of aryl methyl sites for hydroxylation is 1. The van der Waals surface area contributed by atoms with Crippen LogP contribution in [-0.4, -0.2) is 18.3 Å². The highest BCUT2D eigenvalue weighted by Crippen LogP contribution is 2.16. The van der Waals surface area contributed by atoms with Crippen molar-refractivity contribution >= 4 is 0 Å². The van der Waals surface area contributed by atoms with Gasteiger partial charge in [0, 0.05) is 13.2 Å². The summed E-state index contributed by atoms with van der Waals surface area (Å²) in [5.74, 6) is 0. The number of aliphatic hydroxyl groups excluding tert-OH is 1. The van der Waals surface area contributed by atoms with Crippen molar-refractivity contribution in [1.82, 2.24) is 5.32 Å². The molecule has 0 radical (unpaired) electrons. The largest absolute Gasteiger partial charge is 0.396 e. The average molecular weight is 191 g/mol. The first kappa shape index (κ1) is 9.69. The maximum atomic E-state index is 8.87. The molecule has 0 bridgehead atoms. The van der Waals surface area contributed by atoms with Gasteiger partial charge in [0.1, 0.15) is 0 Å². The molecule has 0 saturated heterocycles. The first-order valence-electron chi connectivity index (χ1n) is 5.32. The Bertz CT molecular complexity index is 309. The minimum Gasteiger partial charge on any atom is -0.396 e. The summed E-state index contributed by atoms with van der Waals surface area (Å²) in [6, 6.07) is 6.57. The van der Waals surface area contributed by atoms with Gasteiger partial charge in [-0.05, 0) is 42.5 Å². The van der Waals surface area contributed by atoms with Gasteiger partial charge in [0.2, 0.25) is 0 Å². The third-order valence-corrected chi connectivity index (χ3v) is 2.79. The van der Waals surface area contributed by atoms with Gasteiger partial charge in [-0.2, -0.15) is 0 Å². The number of hydrogen-bond acceptors (Lipinski definition) is 2. The Morgan fingerprint density at radius 3 is 3.07 bits per heavy atom. The van der Waals surface area contributed by atoms with Crippen LogP contribution in [0.3, 0.4) is 0 Å². The Balaban J connectivity index is 2.23. The highest BCUT2D eigenvalue weighted by Gasteiger charge is 2.07. The number of hydrogen-bond donors (Lipinski definition) is 2. The van der Waals surface area contributed by atoms with E-state index < -0.39 is 0 Å². The topological polar surface area (TPSA) is 32.3 Å². The lowest BCUT2D eigenvalue weighted by atomic mass is 10.00. The zero-order valence-corrected chi connectivity index (χ0v) is 8.42. The van der Waals surface area contributed by atoms with Crippen LogP contribution in [0.1, 0.15) is 23.1 Å². The van der Waals surface area contributed by atoms with Crippen molar-refractivity contribution in [1.29, 1.82) is 0 Å². The van der Waals surface area contributed by atoms with E-state index >= 15 is 0 Å². The Hall–Kier alpha value is -0.860. The van der Waals surface area contributed by atoms with E-state index in [1.54, 1.807) is 0 Å². The molecule has 0 unspecified atom stereocenters. The van der Waals surface area contributed by atoms with Gasteiger partial charge in [-0.15, -0.1) is 0 Å². The van der Waals surface area contributed by atoms with Gasteiger partial charge in [-0.1, -0.05) is 18.2 Å². The molecule has 1 aliphatic heterocycles. The Labute approximate surface area is 85.0 Å². The summed E-state index contributed by atoms with van der Waals surface area (Å²) in [6.07, 6.45) is 3.16. The van der Waals surface area contributed by atoms with Crippen molar-refractivity contribution in [3.05, 3.63) is 34.9 Å². The van der Waals surface area contributed by atoms with Gasteiger partial charge in [-0.25, -0.2) is 0 Å². The molecular formula is C12H17NO. The number of rotatable bonds is 2. The second kappa shape index (κ2) is 4.58. The third-order valence-electron chi connectivity index (χ3n) is 2.79. The smallest absolute Gasteiger partial charge is 0.0471 e. The molecule has 2 N–H and O–H groups in total. The zero-order valence-electron chi connectivity index (χ0n) is 8.42. The molecule has 2 heteroatoms. The molecule has 0 atom stereocenters. The fourth-order valence-corrected chi connectivity index (χ4v) is 2.00. The van der Waals surface area contributed by atoms with Gasteiger partial charge in [0.25, 0.3) is 0 Å². The van der Waals surface area contributed by atoms with Crippen LogP contribution in [0.4, 0.5) is 0 Å². The van der Waals surface area contributed by atoms with Gasteiger partial charge >= 0.3 is 0 Å². The average Bonchev–Trinajstić information content (AvgIpc) is 2.42. The van der Waals surface area contributed by atoms with Crippen LogP contribution in [0.2, 0.25) is 0 Å². The molecule has 0 amide bonds. The van der Waals surface area contributed by atoms with E-state index in [0.717, 1.165) is 19.5 Å². The Morgan fingerprint density at radius 2 is 2.21 bits per heavy atom. The van der Waals surface area contributed by atoms with Crippen molar-refractivity contribution < 1.29 is 5.11 Å². The number of benzene rings is 1. The Morgan fingerprint density at radius 1 is 1.29 bits per heavy atom. The fourth-order valence-electron chi connectivity index (χ4n) is 2.00. The van der Waals surface area contributed by atoms with E-state index in [-0.39, 0.29) is 6.61 Å². The van der Waals surface area contributed by atoms with E-state index in [4.69, 9.17) is 5.11 Å². The van der Waals surface area contributed by atoms with Crippen molar-refractivity contribution in [2.24, 2.45) is 0 Å². The number of fused-ring (bicyclic) bond motifs is 1. The molecular weight excluding hydrogens is 174 g/mol. The summed E-state index contributed by atoms with van der Waals surface area (Å²) < 4.78 is 0. The fraction of sp³-hybridized carbons (Fsp3) is 0.500. The maximum Gasteiger partial charge on any atom is 0.0471 e. The van der Waals surface area contributed by atoms with Crippen molar-refractivity contribution in [3.63, 3.8) is 0 Å². The second-order valence-electron chi connectivity index (χ2n) is 3.86. The van der Waals surface area contributed by atoms with Crippen LogP contribution in [0, 0.1) is 0 Å². The standard InChI is InChI=1S/C12H17NO/c14-7-5-10-3-4-12-9-13-6-1-2-11(12)8-10/h3-4,8,13-14H,1-2,5-7,9H2. The van der Waals surface area contributed by atoms with Crippen LogP contribution >= 0.6 is 0 Å². The molecule has 1 aliphatic rings. The van der Waals surface area contributed by atoms with Gasteiger partial charge in [0.15, 0.2) is 0 Å². The summed E-state index contributed by atoms with van der Waals surface area (Å²) >= 11 is 0. The van der Waals surface area contributed by atoms with Crippen LogP contribution in [0.15, 0.2) is 18.2 Å². The quantitative estimate of drug-likeness (QED) is 0.737. The first-order chi connectivity index (χ1) is 6.90. The summed E-state index contributed by atoms with van der Waals surface area (Å²) in [6.45, 7) is 2.36. The lowest BCUT2D eigenvalue weighted by Crippen LogP contribution is -2.11.